The molecule has 0 aliphatic heterocycles. The zero-order valence-electron chi connectivity index (χ0n) is 17.0. The van der Waals surface area contributed by atoms with E-state index in [1.54, 1.807) is 4.68 Å². The molecule has 0 saturated heterocycles. The minimum absolute atomic E-state index is 0.170. The number of nitrogens with one attached hydrogen (secondary N) is 1. The number of halogens is 3. The fourth-order valence-corrected chi connectivity index (χ4v) is 6.18. The lowest BCUT2D eigenvalue weighted by molar-refractivity contribution is -0.385. The topological polar surface area (TPSA) is 99.3 Å². The molecule has 0 spiro atoms. The van der Waals surface area contributed by atoms with Crippen LogP contribution in [-0.4, -0.2) is 27.0 Å². The Morgan fingerprint density at radius 2 is 1.69 bits per heavy atom. The first-order valence-corrected chi connectivity index (χ1v) is 10.5. The van der Waals surface area contributed by atoms with Gasteiger partial charge in [-0.2, -0.15) is 5.10 Å². The molecule has 11 heteroatoms. The van der Waals surface area contributed by atoms with Crippen LogP contribution in [0.3, 0.4) is 0 Å². The highest BCUT2D eigenvalue weighted by Crippen LogP contribution is 2.58. The molecule has 1 aromatic carbocycles. The normalized spacial score (nSPS) is 28.5. The number of rotatable bonds is 5. The van der Waals surface area contributed by atoms with Gasteiger partial charge in [0.2, 0.25) is 5.69 Å². The first-order chi connectivity index (χ1) is 15.1. The van der Waals surface area contributed by atoms with Crippen molar-refractivity contribution in [3.8, 4) is 5.75 Å². The maximum Gasteiger partial charge on any atom is 0.573 e. The lowest BCUT2D eigenvalue weighted by Gasteiger charge is -2.56. The van der Waals surface area contributed by atoms with Gasteiger partial charge in [0.1, 0.15) is 11.9 Å². The number of alkyl halides is 3. The van der Waals surface area contributed by atoms with Crippen molar-refractivity contribution in [1.29, 1.82) is 0 Å². The molecule has 4 aliphatic carbocycles. The fourth-order valence-electron chi connectivity index (χ4n) is 6.18. The van der Waals surface area contributed by atoms with Crippen molar-refractivity contribution in [2.24, 2.45) is 17.8 Å². The quantitative estimate of drug-likeness (QED) is 0.518. The molecular formula is C21H21F3N4O4. The summed E-state index contributed by atoms with van der Waals surface area (Å²) in [6.07, 6.45) is 2.88. The number of hydrogen-bond acceptors (Lipinski definition) is 5. The number of ether oxygens (including phenoxy) is 1. The van der Waals surface area contributed by atoms with Crippen LogP contribution >= 0.6 is 0 Å². The van der Waals surface area contributed by atoms with Gasteiger partial charge in [-0.3, -0.25) is 19.6 Å². The number of carbonyl (C=O) groups is 1. The zero-order chi connectivity index (χ0) is 22.7. The molecule has 1 aromatic heterocycles. The Bertz CT molecular complexity index is 1030. The lowest BCUT2D eigenvalue weighted by Crippen LogP contribution is -2.52. The van der Waals surface area contributed by atoms with Crippen LogP contribution in [0.2, 0.25) is 0 Å². The number of amides is 1. The molecule has 4 saturated carbocycles. The van der Waals surface area contributed by atoms with Crippen LogP contribution in [-0.2, 0) is 5.54 Å². The molecular weight excluding hydrogens is 429 g/mol. The second-order valence-corrected chi connectivity index (χ2v) is 9.23. The van der Waals surface area contributed by atoms with Crippen LogP contribution in [0.15, 0.2) is 30.5 Å². The molecule has 1 amide bonds. The van der Waals surface area contributed by atoms with E-state index in [9.17, 15) is 28.1 Å². The number of carbonyl (C=O) groups excluding carboxylic acids is 1. The Hall–Kier alpha value is -3.11. The molecule has 4 aliphatic rings. The third-order valence-electron chi connectivity index (χ3n) is 6.94. The molecule has 4 fully saturated rings. The smallest absolute Gasteiger partial charge is 0.406 e. The van der Waals surface area contributed by atoms with Crippen LogP contribution in [0, 0.1) is 27.9 Å². The number of aromatic nitrogens is 2. The first kappa shape index (κ1) is 20.8. The summed E-state index contributed by atoms with van der Waals surface area (Å²) in [4.78, 5) is 23.8. The lowest BCUT2D eigenvalue weighted by atomic mass is 9.53. The number of hydrogen-bond donors (Lipinski definition) is 1. The minimum atomic E-state index is -4.82. The monoisotopic (exact) mass is 450 g/mol. The second kappa shape index (κ2) is 7.21. The molecule has 32 heavy (non-hydrogen) atoms. The maximum absolute atomic E-state index is 12.8. The maximum atomic E-state index is 12.8. The van der Waals surface area contributed by atoms with Crippen LogP contribution in [0.5, 0.6) is 5.75 Å². The fraction of sp³-hybridized carbons (Fsp3) is 0.524. The van der Waals surface area contributed by atoms with Crippen molar-refractivity contribution in [3.05, 3.63) is 46.3 Å². The molecule has 1 heterocycles. The predicted octanol–water partition coefficient (Wildman–Crippen LogP) is 4.87. The summed E-state index contributed by atoms with van der Waals surface area (Å²) < 4.78 is 42.3. The van der Waals surface area contributed by atoms with Crippen molar-refractivity contribution >= 4 is 17.3 Å². The van der Waals surface area contributed by atoms with Crippen LogP contribution in [0.1, 0.15) is 49.0 Å². The molecule has 0 atom stereocenters. The van der Waals surface area contributed by atoms with Crippen LogP contribution in [0.4, 0.5) is 24.5 Å². The third kappa shape index (κ3) is 3.80. The highest BCUT2D eigenvalue weighted by Gasteiger charge is 2.53. The highest BCUT2D eigenvalue weighted by molar-refractivity contribution is 6.05. The average Bonchev–Trinajstić information content (AvgIpc) is 3.14. The van der Waals surface area contributed by atoms with Gasteiger partial charge in [0.15, 0.2) is 0 Å². The second-order valence-electron chi connectivity index (χ2n) is 9.23. The van der Waals surface area contributed by atoms with Gasteiger partial charge in [-0.15, -0.1) is 13.2 Å². The van der Waals surface area contributed by atoms with Crippen molar-refractivity contribution in [3.63, 3.8) is 0 Å². The van der Waals surface area contributed by atoms with Gasteiger partial charge < -0.3 is 10.1 Å². The molecule has 170 valence electrons. The predicted molar refractivity (Wildman–Crippen MR) is 106 cm³/mol. The van der Waals surface area contributed by atoms with E-state index in [1.165, 1.54) is 37.6 Å². The number of anilines is 1. The van der Waals surface area contributed by atoms with E-state index in [0.29, 0.717) is 17.8 Å². The average molecular weight is 450 g/mol. The minimum Gasteiger partial charge on any atom is -0.406 e. The molecule has 1 N–H and O–H groups in total. The van der Waals surface area contributed by atoms with E-state index in [4.69, 9.17) is 0 Å². The Morgan fingerprint density at radius 3 is 2.19 bits per heavy atom. The van der Waals surface area contributed by atoms with Crippen molar-refractivity contribution < 1.29 is 27.6 Å². The largest absolute Gasteiger partial charge is 0.573 e. The van der Waals surface area contributed by atoms with E-state index in [1.807, 2.05) is 0 Å². The number of benzene rings is 1. The molecule has 4 bridgehead atoms. The number of nitrogens with zero attached hydrogens (tertiary/aromatic N) is 3. The molecule has 6 rings (SSSR count). The summed E-state index contributed by atoms with van der Waals surface area (Å²) >= 11 is 0. The highest BCUT2D eigenvalue weighted by atomic mass is 19.4. The van der Waals surface area contributed by atoms with Crippen molar-refractivity contribution in [2.45, 2.75) is 50.4 Å². The summed E-state index contributed by atoms with van der Waals surface area (Å²) in [5.41, 5.74) is -0.797. The van der Waals surface area contributed by atoms with Gasteiger partial charge in [-0.25, -0.2) is 0 Å². The van der Waals surface area contributed by atoms with Gasteiger partial charge in [0.25, 0.3) is 5.91 Å². The third-order valence-corrected chi connectivity index (χ3v) is 6.94. The summed E-state index contributed by atoms with van der Waals surface area (Å²) in [6.45, 7) is 0. The van der Waals surface area contributed by atoms with Gasteiger partial charge in [0.05, 0.1) is 10.5 Å². The van der Waals surface area contributed by atoms with E-state index < -0.39 is 22.9 Å². The van der Waals surface area contributed by atoms with Crippen LogP contribution < -0.4 is 10.1 Å². The molecule has 8 nitrogen and oxygen atoms in total. The summed E-state index contributed by atoms with van der Waals surface area (Å²) in [5, 5.41) is 18.5. The van der Waals surface area contributed by atoms with Gasteiger partial charge in [-0.05, 0) is 80.5 Å². The van der Waals surface area contributed by atoms with E-state index in [2.05, 4.69) is 15.2 Å². The van der Waals surface area contributed by atoms with Crippen molar-refractivity contribution in [2.75, 3.05) is 5.32 Å². The van der Waals surface area contributed by atoms with E-state index in [-0.39, 0.29) is 22.6 Å². The Balaban J connectivity index is 1.38. The summed E-state index contributed by atoms with van der Waals surface area (Å²) in [6, 6.07) is 4.54. The van der Waals surface area contributed by atoms with Gasteiger partial charge in [-0.1, -0.05) is 0 Å². The molecule has 0 radical (unpaired) electrons. The summed E-state index contributed by atoms with van der Waals surface area (Å²) in [7, 11) is 0. The van der Waals surface area contributed by atoms with Crippen molar-refractivity contribution in [1.82, 2.24) is 9.78 Å². The SMILES string of the molecule is O=C(Nc1ccc(OC(F)(F)F)cc1)c1nn(C23CC4CC(CC(C4)C2)C3)cc1[N+](=O)[O-]. The molecule has 2 aromatic rings. The van der Waals surface area contributed by atoms with Crippen LogP contribution in [0.25, 0.3) is 0 Å². The first-order valence-electron chi connectivity index (χ1n) is 10.5. The van der Waals surface area contributed by atoms with E-state index in [0.717, 1.165) is 31.4 Å². The summed E-state index contributed by atoms with van der Waals surface area (Å²) in [5.74, 6) is 0.565. The standard InChI is InChI=1S/C21H21F3N4O4/c22-21(23,24)32-16-3-1-15(2-4-16)25-19(29)18-17(28(30)31)11-27(26-18)20-8-12-5-13(9-20)7-14(6-12)10-20/h1-4,11-14H,5-10H2,(H,25,29). The zero-order valence-corrected chi connectivity index (χ0v) is 17.0. The molecule has 0 unspecified atom stereocenters. The Kier molecular flexibility index (Phi) is 4.68. The Morgan fingerprint density at radius 1 is 1.12 bits per heavy atom. The van der Waals surface area contributed by atoms with Gasteiger partial charge in [0, 0.05) is 5.69 Å². The van der Waals surface area contributed by atoms with Gasteiger partial charge >= 0.3 is 12.0 Å². The van der Waals surface area contributed by atoms with E-state index >= 15 is 0 Å². The Labute approximate surface area is 180 Å². The number of nitro groups is 1.